The molecule has 0 aliphatic carbocycles. The lowest BCUT2D eigenvalue weighted by molar-refractivity contribution is 0.610. The maximum Gasteiger partial charge on any atom is 0.0487 e. The van der Waals surface area contributed by atoms with Crippen LogP contribution in [0.1, 0.15) is 30.2 Å². The number of nitrogens with zero attached hydrogens (tertiary/aromatic N) is 1. The van der Waals surface area contributed by atoms with Crippen LogP contribution in [0.3, 0.4) is 0 Å². The second-order valence-corrected chi connectivity index (χ2v) is 5.50. The molecular weight excluding hydrogens is 256 g/mol. The van der Waals surface area contributed by atoms with Crippen LogP contribution >= 0.6 is 11.6 Å². The van der Waals surface area contributed by atoms with E-state index < -0.39 is 0 Å². The summed E-state index contributed by atoms with van der Waals surface area (Å²) in [4.78, 5) is 0. The number of halogens is 1. The van der Waals surface area contributed by atoms with E-state index in [1.165, 1.54) is 11.3 Å². The molecule has 0 amide bonds. The zero-order chi connectivity index (χ0) is 13.8. The standard InChI is InChI=1S/C16H21ClN2/c1-3-14(18)10-15-5-4-8-19(15)11-13-7-6-12(2)9-16(13)17/h4-9,14H,3,10-11,18H2,1-2H3. The second-order valence-electron chi connectivity index (χ2n) is 5.09. The van der Waals surface area contributed by atoms with Gasteiger partial charge < -0.3 is 10.3 Å². The van der Waals surface area contributed by atoms with Crippen LogP contribution in [0, 0.1) is 6.92 Å². The minimum atomic E-state index is 0.224. The fourth-order valence-corrected chi connectivity index (χ4v) is 2.46. The zero-order valence-corrected chi connectivity index (χ0v) is 12.3. The highest BCUT2D eigenvalue weighted by Gasteiger charge is 2.08. The van der Waals surface area contributed by atoms with Gasteiger partial charge in [0.2, 0.25) is 0 Å². The van der Waals surface area contributed by atoms with Gasteiger partial charge >= 0.3 is 0 Å². The molecule has 0 saturated heterocycles. The van der Waals surface area contributed by atoms with Crippen LogP contribution in [0.4, 0.5) is 0 Å². The third-order valence-corrected chi connectivity index (χ3v) is 3.82. The van der Waals surface area contributed by atoms with Crippen LogP contribution in [0.15, 0.2) is 36.5 Å². The largest absolute Gasteiger partial charge is 0.347 e. The maximum atomic E-state index is 6.29. The smallest absolute Gasteiger partial charge is 0.0487 e. The lowest BCUT2D eigenvalue weighted by Gasteiger charge is -2.14. The van der Waals surface area contributed by atoms with Crippen molar-refractivity contribution in [3.8, 4) is 0 Å². The van der Waals surface area contributed by atoms with Gasteiger partial charge in [-0.3, -0.25) is 0 Å². The third-order valence-electron chi connectivity index (χ3n) is 3.47. The van der Waals surface area contributed by atoms with Crippen molar-refractivity contribution >= 4 is 11.6 Å². The van der Waals surface area contributed by atoms with E-state index in [2.05, 4.69) is 48.9 Å². The SMILES string of the molecule is CCC(N)Cc1cccn1Cc1ccc(C)cc1Cl. The highest BCUT2D eigenvalue weighted by atomic mass is 35.5. The molecule has 0 radical (unpaired) electrons. The van der Waals surface area contributed by atoms with Crippen molar-refractivity contribution < 1.29 is 0 Å². The summed E-state index contributed by atoms with van der Waals surface area (Å²) < 4.78 is 2.23. The molecule has 0 bridgehead atoms. The molecule has 2 N–H and O–H groups in total. The molecule has 1 unspecified atom stereocenters. The Bertz CT molecular complexity index is 545. The van der Waals surface area contributed by atoms with Gasteiger partial charge in [0.05, 0.1) is 0 Å². The number of aromatic nitrogens is 1. The molecule has 1 heterocycles. The Morgan fingerprint density at radius 2 is 2.11 bits per heavy atom. The van der Waals surface area contributed by atoms with Crippen LogP contribution in [-0.2, 0) is 13.0 Å². The summed E-state index contributed by atoms with van der Waals surface area (Å²) >= 11 is 6.29. The van der Waals surface area contributed by atoms with E-state index in [9.17, 15) is 0 Å². The average Bonchev–Trinajstić information content (AvgIpc) is 2.80. The van der Waals surface area contributed by atoms with Crippen molar-refractivity contribution in [1.29, 1.82) is 0 Å². The maximum absolute atomic E-state index is 6.29. The molecule has 0 aliphatic heterocycles. The number of hydrogen-bond donors (Lipinski definition) is 1. The van der Waals surface area contributed by atoms with Crippen molar-refractivity contribution in [3.63, 3.8) is 0 Å². The fourth-order valence-electron chi connectivity index (χ4n) is 2.17. The van der Waals surface area contributed by atoms with Gasteiger partial charge in [-0.15, -0.1) is 0 Å². The average molecular weight is 277 g/mol. The summed E-state index contributed by atoms with van der Waals surface area (Å²) in [6.07, 6.45) is 4.00. The van der Waals surface area contributed by atoms with Crippen molar-refractivity contribution in [2.75, 3.05) is 0 Å². The first-order valence-corrected chi connectivity index (χ1v) is 7.12. The summed E-state index contributed by atoms with van der Waals surface area (Å²) in [5.74, 6) is 0. The normalized spacial score (nSPS) is 12.6. The van der Waals surface area contributed by atoms with Crippen LogP contribution in [0.25, 0.3) is 0 Å². The fraction of sp³-hybridized carbons (Fsp3) is 0.375. The molecule has 3 heteroatoms. The van der Waals surface area contributed by atoms with Gasteiger partial charge in [-0.25, -0.2) is 0 Å². The lowest BCUT2D eigenvalue weighted by Crippen LogP contribution is -2.23. The molecule has 0 fully saturated rings. The van der Waals surface area contributed by atoms with Gasteiger partial charge in [0.25, 0.3) is 0 Å². The van der Waals surface area contributed by atoms with Crippen LogP contribution < -0.4 is 5.73 Å². The van der Waals surface area contributed by atoms with Gasteiger partial charge in [-0.2, -0.15) is 0 Å². The Labute approximate surface area is 120 Å². The first-order valence-electron chi connectivity index (χ1n) is 6.74. The zero-order valence-electron chi connectivity index (χ0n) is 11.6. The van der Waals surface area contributed by atoms with E-state index in [-0.39, 0.29) is 6.04 Å². The molecule has 102 valence electrons. The van der Waals surface area contributed by atoms with Crippen LogP contribution in [0.2, 0.25) is 5.02 Å². The number of nitrogens with two attached hydrogens (primary N) is 1. The quantitative estimate of drug-likeness (QED) is 0.885. The highest BCUT2D eigenvalue weighted by Crippen LogP contribution is 2.20. The van der Waals surface area contributed by atoms with Gasteiger partial charge in [0.15, 0.2) is 0 Å². The van der Waals surface area contributed by atoms with Crippen molar-refractivity contribution in [2.24, 2.45) is 5.73 Å². The van der Waals surface area contributed by atoms with E-state index >= 15 is 0 Å². The molecule has 1 atom stereocenters. The summed E-state index contributed by atoms with van der Waals surface area (Å²) in [5.41, 5.74) is 9.64. The molecule has 1 aromatic heterocycles. The summed E-state index contributed by atoms with van der Waals surface area (Å²) in [5, 5.41) is 0.833. The number of benzene rings is 1. The van der Waals surface area contributed by atoms with E-state index in [1.54, 1.807) is 0 Å². The first kappa shape index (κ1) is 14.2. The summed E-state index contributed by atoms with van der Waals surface area (Å²) in [6, 6.07) is 10.6. The molecule has 2 nitrogen and oxygen atoms in total. The molecule has 2 rings (SSSR count). The highest BCUT2D eigenvalue weighted by molar-refractivity contribution is 6.31. The molecule has 19 heavy (non-hydrogen) atoms. The van der Waals surface area contributed by atoms with E-state index in [0.29, 0.717) is 0 Å². The third kappa shape index (κ3) is 3.62. The minimum absolute atomic E-state index is 0.224. The monoisotopic (exact) mass is 276 g/mol. The predicted octanol–water partition coefficient (Wildman–Crippen LogP) is 3.78. The van der Waals surface area contributed by atoms with Crippen molar-refractivity contribution in [2.45, 2.75) is 39.3 Å². The van der Waals surface area contributed by atoms with Gasteiger partial charge in [0.1, 0.15) is 0 Å². The van der Waals surface area contributed by atoms with Crippen LogP contribution in [0.5, 0.6) is 0 Å². The summed E-state index contributed by atoms with van der Waals surface area (Å²) in [7, 11) is 0. The molecule has 0 spiro atoms. The Morgan fingerprint density at radius 1 is 1.32 bits per heavy atom. The molecule has 0 saturated carbocycles. The molecule has 2 aromatic rings. The Kier molecular flexibility index (Phi) is 4.67. The second kappa shape index (κ2) is 6.27. The topological polar surface area (TPSA) is 30.9 Å². The van der Waals surface area contributed by atoms with Crippen LogP contribution in [-0.4, -0.2) is 10.6 Å². The first-order chi connectivity index (χ1) is 9.10. The number of rotatable bonds is 5. The Balaban J connectivity index is 2.17. The number of hydrogen-bond acceptors (Lipinski definition) is 1. The Morgan fingerprint density at radius 3 is 2.79 bits per heavy atom. The number of aryl methyl sites for hydroxylation is 1. The van der Waals surface area contributed by atoms with Gasteiger partial charge in [-0.05, 0) is 42.7 Å². The van der Waals surface area contributed by atoms with E-state index in [1.807, 2.05) is 6.07 Å². The lowest BCUT2D eigenvalue weighted by atomic mass is 10.1. The van der Waals surface area contributed by atoms with E-state index in [4.69, 9.17) is 17.3 Å². The predicted molar refractivity (Wildman–Crippen MR) is 81.7 cm³/mol. The van der Waals surface area contributed by atoms with Gasteiger partial charge in [-0.1, -0.05) is 30.7 Å². The minimum Gasteiger partial charge on any atom is -0.347 e. The van der Waals surface area contributed by atoms with E-state index in [0.717, 1.165) is 30.0 Å². The molecular formula is C16H21ClN2. The summed E-state index contributed by atoms with van der Waals surface area (Å²) in [6.45, 7) is 4.98. The van der Waals surface area contributed by atoms with Crippen molar-refractivity contribution in [3.05, 3.63) is 58.4 Å². The molecule has 1 aromatic carbocycles. The van der Waals surface area contributed by atoms with Gasteiger partial charge in [0, 0.05) is 35.9 Å². The Hall–Kier alpha value is -1.25. The molecule has 0 aliphatic rings. The van der Waals surface area contributed by atoms with Crippen molar-refractivity contribution in [1.82, 2.24) is 4.57 Å².